The lowest BCUT2D eigenvalue weighted by molar-refractivity contribution is -0.682. The van der Waals surface area contributed by atoms with E-state index in [1.54, 1.807) is 0 Å². The Labute approximate surface area is 256 Å². The number of thioether (sulfide) groups is 2. The third-order valence-corrected chi connectivity index (χ3v) is 10.2. The third kappa shape index (κ3) is 6.04. The van der Waals surface area contributed by atoms with Gasteiger partial charge < -0.3 is 31.8 Å². The van der Waals surface area contributed by atoms with Gasteiger partial charge in [0.1, 0.15) is 29.0 Å². The Kier molecular flexibility index (Phi) is 8.65. The van der Waals surface area contributed by atoms with Crippen molar-refractivity contribution in [3.05, 3.63) is 34.6 Å². The van der Waals surface area contributed by atoms with Gasteiger partial charge in [-0.3, -0.25) is 20.3 Å². The number of carboxylic acid groups (broad SMARTS) is 2. The number of hydrogen-bond donors (Lipinski definition) is 6. The Bertz CT molecular complexity index is 1540. The molecule has 43 heavy (non-hydrogen) atoms. The van der Waals surface area contributed by atoms with Crippen molar-refractivity contribution in [1.82, 2.24) is 20.2 Å². The van der Waals surface area contributed by atoms with Gasteiger partial charge in [0, 0.05) is 35.8 Å². The van der Waals surface area contributed by atoms with Gasteiger partial charge in [-0.1, -0.05) is 11.6 Å². The summed E-state index contributed by atoms with van der Waals surface area (Å²) >= 11 is 3.49. The molecule has 16 nitrogen and oxygen atoms in total. The van der Waals surface area contributed by atoms with Gasteiger partial charge in [-0.05, 0) is 35.2 Å². The summed E-state index contributed by atoms with van der Waals surface area (Å²) in [6, 6.07) is 0.443. The van der Waals surface area contributed by atoms with Crippen molar-refractivity contribution in [2.24, 2.45) is 5.16 Å². The zero-order valence-corrected chi connectivity index (χ0v) is 24.9. The highest BCUT2D eigenvalue weighted by molar-refractivity contribution is 8.01. The minimum atomic E-state index is -1.59. The van der Waals surface area contributed by atoms with Gasteiger partial charge in [-0.2, -0.15) is 0 Å². The van der Waals surface area contributed by atoms with Crippen LogP contribution >= 0.6 is 34.9 Å². The highest BCUT2D eigenvalue weighted by Gasteiger charge is 2.54. The van der Waals surface area contributed by atoms with Crippen LogP contribution in [0.4, 0.5) is 10.9 Å². The fraction of sp³-hybridized carbons (Fsp3) is 0.417. The van der Waals surface area contributed by atoms with Crippen LogP contribution in [-0.2, 0) is 24.0 Å². The Morgan fingerprint density at radius 1 is 1.23 bits per heavy atom. The number of carbonyl (C=O) groups excluding carboxylic acids is 2. The molecule has 228 valence electrons. The molecule has 9 N–H and O–H groups in total. The summed E-state index contributed by atoms with van der Waals surface area (Å²) in [4.78, 5) is 65.9. The average molecular weight is 651 g/mol. The molecule has 2 aromatic rings. The summed E-state index contributed by atoms with van der Waals surface area (Å²) in [5, 5.41) is 27.6. The maximum absolute atomic E-state index is 13.4. The van der Waals surface area contributed by atoms with Crippen molar-refractivity contribution in [1.29, 1.82) is 0 Å². The van der Waals surface area contributed by atoms with Crippen molar-refractivity contribution in [2.75, 3.05) is 28.8 Å². The van der Waals surface area contributed by atoms with Crippen LogP contribution in [0.3, 0.4) is 0 Å². The minimum Gasteiger partial charge on any atom is -0.478 e. The van der Waals surface area contributed by atoms with Crippen LogP contribution < -0.4 is 27.3 Å². The number of hydrogen-bond acceptors (Lipinski definition) is 14. The first kappa shape index (κ1) is 30.4. The number of anilines is 2. The predicted molar refractivity (Wildman–Crippen MR) is 157 cm³/mol. The van der Waals surface area contributed by atoms with Gasteiger partial charge in [-0.25, -0.2) is 14.6 Å². The fourth-order valence-electron chi connectivity index (χ4n) is 4.89. The van der Waals surface area contributed by atoms with Gasteiger partial charge in [0.05, 0.1) is 0 Å². The molecule has 4 heterocycles. The number of rotatable bonds is 10. The summed E-state index contributed by atoms with van der Waals surface area (Å²) in [6.45, 7) is 0. The van der Waals surface area contributed by atoms with Crippen molar-refractivity contribution in [3.63, 3.8) is 0 Å². The highest BCUT2D eigenvalue weighted by Crippen LogP contribution is 2.41. The molecule has 0 radical (unpaired) electrons. The normalized spacial score (nSPS) is 21.5. The Morgan fingerprint density at radius 3 is 2.63 bits per heavy atom. The van der Waals surface area contributed by atoms with Gasteiger partial charge in [0.2, 0.25) is 11.4 Å². The smallest absolute Gasteiger partial charge is 0.384 e. The number of oxime groups is 1. The van der Waals surface area contributed by atoms with Gasteiger partial charge >= 0.3 is 17.1 Å². The Morgan fingerprint density at radius 2 is 1.98 bits per heavy atom. The van der Waals surface area contributed by atoms with E-state index in [1.807, 2.05) is 0 Å². The number of nitrogens with two attached hydrogens (primary N) is 3. The zero-order valence-electron chi connectivity index (χ0n) is 22.5. The van der Waals surface area contributed by atoms with Gasteiger partial charge in [-0.15, -0.1) is 27.8 Å². The molecule has 3 aliphatic rings. The third-order valence-electron chi connectivity index (χ3n) is 7.11. The van der Waals surface area contributed by atoms with E-state index in [0.717, 1.165) is 22.7 Å². The second kappa shape index (κ2) is 12.3. The predicted octanol–water partition coefficient (Wildman–Crippen LogP) is -0.257. The van der Waals surface area contributed by atoms with Gasteiger partial charge in [0.25, 0.3) is 11.8 Å². The molecule has 2 amide bonds. The number of nitrogens with one attached hydrogen (secondary N) is 1. The summed E-state index contributed by atoms with van der Waals surface area (Å²) in [7, 11) is 0. The highest BCUT2D eigenvalue weighted by atomic mass is 32.2. The van der Waals surface area contributed by atoms with Crippen molar-refractivity contribution >= 4 is 75.3 Å². The quantitative estimate of drug-likeness (QED) is 0.0369. The van der Waals surface area contributed by atoms with Gasteiger partial charge in [0.15, 0.2) is 10.8 Å². The molecule has 0 bridgehead atoms. The molecule has 1 unspecified atom stereocenters. The van der Waals surface area contributed by atoms with E-state index in [0.29, 0.717) is 23.6 Å². The largest absolute Gasteiger partial charge is 0.478 e. The van der Waals surface area contributed by atoms with Crippen LogP contribution in [0.15, 0.2) is 39.2 Å². The number of nitrogen functional groups attached to an aromatic ring is 3. The Balaban J connectivity index is 1.34. The lowest BCUT2D eigenvalue weighted by Crippen LogP contribution is -2.71. The molecule has 1 saturated carbocycles. The molecule has 2 aromatic heterocycles. The summed E-state index contributed by atoms with van der Waals surface area (Å²) < 4.78 is 1.26. The minimum absolute atomic E-state index is 0.0500. The van der Waals surface area contributed by atoms with Crippen LogP contribution in [-0.4, -0.2) is 83.1 Å². The lowest BCUT2D eigenvalue weighted by Gasteiger charge is -2.49. The first-order valence-corrected chi connectivity index (χ1v) is 15.9. The maximum Gasteiger partial charge on any atom is 0.384 e. The van der Waals surface area contributed by atoms with Crippen LogP contribution in [0.2, 0.25) is 0 Å². The summed E-state index contributed by atoms with van der Waals surface area (Å²) in [5.74, 6) is 2.61. The first-order valence-electron chi connectivity index (χ1n) is 13.0. The van der Waals surface area contributed by atoms with E-state index < -0.39 is 40.8 Å². The molecule has 2 fully saturated rings. The van der Waals surface area contributed by atoms with Crippen LogP contribution in [0.25, 0.3) is 0 Å². The number of amides is 2. The zero-order chi connectivity index (χ0) is 30.9. The van der Waals surface area contributed by atoms with Crippen LogP contribution in [0.5, 0.6) is 0 Å². The molecule has 19 heteroatoms. The number of carboxylic acids is 2. The molecule has 0 aromatic carbocycles. The first-order chi connectivity index (χ1) is 20.5. The summed E-state index contributed by atoms with van der Waals surface area (Å²) in [5.41, 5.74) is 9.89. The number of aromatic nitrogens is 3. The molecule has 1 aliphatic carbocycles. The van der Waals surface area contributed by atoms with Crippen molar-refractivity contribution < 1.29 is 38.9 Å². The second-order valence-corrected chi connectivity index (χ2v) is 12.8. The number of thiazole rings is 1. The molecule has 0 spiro atoms. The molecule has 2 atom stereocenters. The monoisotopic (exact) mass is 650 g/mol. The van der Waals surface area contributed by atoms with E-state index in [-0.39, 0.29) is 52.4 Å². The lowest BCUT2D eigenvalue weighted by atomic mass is 9.85. The Hall–Kier alpha value is -4.10. The SMILES string of the molecule is Nc1cc[n+](N)c(SCC2=C(C(=O)O)N3C(=O)C(NC(=O)/C(=N\OC4(C(=O)O)CCCCC4)c4csc(N)n4)[C@H]3SC2)n1. The standard InChI is InChI=1S/C24H27N9O7S3/c25-13-4-7-32(27)23(29-13)43-9-11-8-41-19-15(18(35)33(19)16(11)20(36)37)30-17(34)14(12-10-42-22(26)28-12)31-40-24(21(38)39)5-2-1-3-6-24/h4,7,10,15,19,25H,1-3,5-6,8-9,27H2,(H5,26,28,30,34,36,37,38,39)/p+1/b31-14-/t15?,19-/m1/s1. The molecule has 2 aliphatic heterocycles. The topological polar surface area (TPSA) is 253 Å². The number of fused-ring (bicyclic) bond motifs is 1. The molecule has 5 rings (SSSR count). The van der Waals surface area contributed by atoms with E-state index in [1.165, 1.54) is 45.8 Å². The van der Waals surface area contributed by atoms with Crippen molar-refractivity contribution in [3.8, 4) is 0 Å². The number of aliphatic carboxylic acids is 2. The van der Waals surface area contributed by atoms with E-state index in [9.17, 15) is 29.4 Å². The second-order valence-electron chi connectivity index (χ2n) is 9.91. The van der Waals surface area contributed by atoms with E-state index in [4.69, 9.17) is 22.1 Å². The molecular weight excluding hydrogens is 623 g/mol. The average Bonchev–Trinajstić information content (AvgIpc) is 3.41. The van der Waals surface area contributed by atoms with E-state index in [2.05, 4.69) is 20.4 Å². The summed E-state index contributed by atoms with van der Waals surface area (Å²) in [6.07, 6.45) is 4.07. The molecule has 1 saturated heterocycles. The molecular formula is C24H28N9O7S3+. The number of β-lactam (4-membered cyclic amide) rings is 1. The maximum atomic E-state index is 13.4. The fourth-order valence-corrected chi connectivity index (χ4v) is 7.83. The van der Waals surface area contributed by atoms with Crippen LogP contribution in [0, 0.1) is 0 Å². The van der Waals surface area contributed by atoms with E-state index >= 15 is 0 Å². The number of carbonyl (C=O) groups is 4. The van der Waals surface area contributed by atoms with Crippen molar-refractivity contribution in [2.45, 2.75) is 54.3 Å². The van der Waals surface area contributed by atoms with Crippen LogP contribution in [0.1, 0.15) is 37.8 Å². The number of nitrogens with zero attached hydrogens (tertiary/aromatic N) is 5.